The quantitative estimate of drug-likeness (QED) is 0.157. The smallest absolute Gasteiger partial charge is 0.0486 e. The number of hydrogen-bond acceptors (Lipinski definition) is 2. The second kappa shape index (κ2) is 15.0. The summed E-state index contributed by atoms with van der Waals surface area (Å²) in [5.74, 6) is 0. The fourth-order valence-corrected chi connectivity index (χ4v) is 12.8. The molecule has 8 aromatic rings. The Morgan fingerprint density at radius 3 is 1.19 bits per heavy atom. The molecule has 0 fully saturated rings. The Kier molecular flexibility index (Phi) is 9.35. The third kappa shape index (κ3) is 6.17. The van der Waals surface area contributed by atoms with Crippen LogP contribution in [0.1, 0.15) is 105 Å². The van der Waals surface area contributed by atoms with Crippen molar-refractivity contribution < 1.29 is 0 Å². The standard InChI is InChI=1S/C67H60N2/c1-11-20-47-48-21-12-19-28-58(48)67(9,10)62(47)41-68(43-29-33-52-49-22-13-16-25-55(49)64(3,4)59(52)38-43)63-36-32-44(37-42(63)2)69(45-30-34-53-50-23-14-17-26-56(50)65(5,6)60(53)39-45)46-31-35-54-51-24-15-18-27-57(51)66(7,8)61(54)40-46/h11-41H,1H2,2-10H3/b47-20-,62-41+. The Morgan fingerprint density at radius 1 is 0.377 bits per heavy atom. The molecular formula is C67H60N2. The molecule has 0 saturated heterocycles. The number of rotatable bonds is 7. The van der Waals surface area contributed by atoms with E-state index in [1.807, 2.05) is 6.08 Å². The normalized spacial score (nSPS) is 17.6. The van der Waals surface area contributed by atoms with Crippen LogP contribution in [0.3, 0.4) is 0 Å². The Hall–Kier alpha value is -7.42. The zero-order valence-electron chi connectivity index (χ0n) is 41.5. The number of fused-ring (bicyclic) bond motifs is 10. The highest BCUT2D eigenvalue weighted by molar-refractivity contribution is 5.93. The summed E-state index contributed by atoms with van der Waals surface area (Å²) in [6, 6.07) is 64.2. The van der Waals surface area contributed by atoms with Gasteiger partial charge in [-0.15, -0.1) is 0 Å². The van der Waals surface area contributed by atoms with Gasteiger partial charge in [0.15, 0.2) is 0 Å². The molecule has 0 heterocycles. The second-order valence-corrected chi connectivity index (χ2v) is 21.9. The number of allylic oxidation sites excluding steroid dienone is 4. The summed E-state index contributed by atoms with van der Waals surface area (Å²) in [4.78, 5) is 4.96. The summed E-state index contributed by atoms with van der Waals surface area (Å²) in [7, 11) is 0. The fraction of sp³-hybridized carbons (Fsp3) is 0.194. The minimum absolute atomic E-state index is 0.138. The average molecular weight is 893 g/mol. The monoisotopic (exact) mass is 892 g/mol. The molecule has 4 aliphatic carbocycles. The molecule has 0 atom stereocenters. The van der Waals surface area contributed by atoms with Crippen molar-refractivity contribution in [2.24, 2.45) is 0 Å². The van der Waals surface area contributed by atoms with Gasteiger partial charge in [-0.1, -0.05) is 189 Å². The Labute approximate surface area is 409 Å². The number of aryl methyl sites for hydroxylation is 1. The molecule has 4 aliphatic rings. The van der Waals surface area contributed by atoms with Gasteiger partial charge in [0, 0.05) is 56.3 Å². The van der Waals surface area contributed by atoms with Gasteiger partial charge < -0.3 is 9.80 Å². The third-order valence-electron chi connectivity index (χ3n) is 16.6. The summed E-state index contributed by atoms with van der Waals surface area (Å²) in [5.41, 5.74) is 27.5. The molecule has 0 aromatic heterocycles. The Bertz CT molecular complexity index is 3440. The first kappa shape index (κ1) is 42.9. The van der Waals surface area contributed by atoms with Gasteiger partial charge in [0.1, 0.15) is 0 Å². The van der Waals surface area contributed by atoms with Gasteiger partial charge in [0.25, 0.3) is 0 Å². The summed E-state index contributed by atoms with van der Waals surface area (Å²) in [5, 5.41) is 0. The van der Waals surface area contributed by atoms with Crippen molar-refractivity contribution in [1.82, 2.24) is 0 Å². The Morgan fingerprint density at radius 2 is 0.739 bits per heavy atom. The summed E-state index contributed by atoms with van der Waals surface area (Å²) in [6.07, 6.45) is 6.56. The average Bonchev–Trinajstić information content (AvgIpc) is 3.91. The van der Waals surface area contributed by atoms with E-state index in [0.717, 1.165) is 28.4 Å². The third-order valence-corrected chi connectivity index (χ3v) is 16.6. The summed E-state index contributed by atoms with van der Waals surface area (Å²) < 4.78 is 0. The molecule has 0 aliphatic heterocycles. The van der Waals surface area contributed by atoms with E-state index in [-0.39, 0.29) is 21.7 Å². The maximum absolute atomic E-state index is 4.19. The highest BCUT2D eigenvalue weighted by atomic mass is 15.2. The Balaban J connectivity index is 1.05. The largest absolute Gasteiger partial charge is 0.317 e. The van der Waals surface area contributed by atoms with Gasteiger partial charge in [0.2, 0.25) is 0 Å². The molecule has 2 nitrogen and oxygen atoms in total. The van der Waals surface area contributed by atoms with Crippen molar-refractivity contribution in [2.45, 2.75) is 84.0 Å². The lowest BCUT2D eigenvalue weighted by Crippen LogP contribution is -2.21. The van der Waals surface area contributed by atoms with Crippen LogP contribution in [0.5, 0.6) is 0 Å². The minimum atomic E-state index is -0.247. The zero-order chi connectivity index (χ0) is 47.8. The van der Waals surface area contributed by atoms with Crippen molar-refractivity contribution in [1.29, 1.82) is 0 Å². The molecule has 2 heteroatoms. The number of anilines is 5. The molecule has 0 radical (unpaired) electrons. The zero-order valence-corrected chi connectivity index (χ0v) is 41.5. The maximum atomic E-state index is 4.19. The first-order valence-electron chi connectivity index (χ1n) is 24.7. The topological polar surface area (TPSA) is 6.48 Å². The predicted octanol–water partition coefficient (Wildman–Crippen LogP) is 18.0. The number of benzene rings is 8. The first-order valence-corrected chi connectivity index (χ1v) is 24.7. The van der Waals surface area contributed by atoms with Gasteiger partial charge in [-0.2, -0.15) is 0 Å². The second-order valence-electron chi connectivity index (χ2n) is 21.9. The van der Waals surface area contributed by atoms with Gasteiger partial charge in [-0.05, 0) is 156 Å². The highest BCUT2D eigenvalue weighted by Crippen LogP contribution is 2.56. The van der Waals surface area contributed by atoms with E-state index in [0.29, 0.717) is 0 Å². The molecule has 338 valence electrons. The summed E-state index contributed by atoms with van der Waals surface area (Å²) >= 11 is 0. The van der Waals surface area contributed by atoms with E-state index >= 15 is 0 Å². The van der Waals surface area contributed by atoms with Gasteiger partial charge in [-0.3, -0.25) is 0 Å². The van der Waals surface area contributed by atoms with Gasteiger partial charge >= 0.3 is 0 Å². The lowest BCUT2D eigenvalue weighted by molar-refractivity contribution is 0.657. The van der Waals surface area contributed by atoms with Crippen LogP contribution < -0.4 is 9.80 Å². The van der Waals surface area contributed by atoms with Crippen LogP contribution in [0.15, 0.2) is 200 Å². The van der Waals surface area contributed by atoms with E-state index in [4.69, 9.17) is 0 Å². The van der Waals surface area contributed by atoms with Gasteiger partial charge in [0.05, 0.1) is 0 Å². The molecule has 0 N–H and O–H groups in total. The van der Waals surface area contributed by atoms with E-state index in [1.165, 1.54) is 94.6 Å². The van der Waals surface area contributed by atoms with Gasteiger partial charge in [-0.25, -0.2) is 0 Å². The molecule has 69 heavy (non-hydrogen) atoms. The molecule has 0 spiro atoms. The van der Waals surface area contributed by atoms with Crippen molar-refractivity contribution in [3.63, 3.8) is 0 Å². The SMILES string of the molecule is C=C/C=C1\C(=C/N(c2ccc3c(c2)C(C)(C)c2ccccc2-3)c2ccc(N(c3ccc4c(c3)C(C)(C)c3ccccc3-4)c3ccc4c(c3)C(C)(C)c3ccccc3-4)cc2C)C(C)(C)c2ccccc21. The van der Waals surface area contributed by atoms with E-state index in [1.54, 1.807) is 0 Å². The highest BCUT2D eigenvalue weighted by Gasteiger charge is 2.41. The van der Waals surface area contributed by atoms with Crippen molar-refractivity contribution >= 4 is 34.0 Å². The number of hydrogen-bond donors (Lipinski definition) is 0. The van der Waals surface area contributed by atoms with E-state index in [2.05, 4.69) is 261 Å². The maximum Gasteiger partial charge on any atom is 0.0486 e. The fourth-order valence-electron chi connectivity index (χ4n) is 12.8. The van der Waals surface area contributed by atoms with Crippen molar-refractivity contribution in [2.75, 3.05) is 9.80 Å². The van der Waals surface area contributed by atoms with Crippen molar-refractivity contribution in [3.8, 4) is 33.4 Å². The number of nitrogens with zero attached hydrogens (tertiary/aromatic N) is 2. The molecule has 0 saturated carbocycles. The molecule has 8 aromatic carbocycles. The van der Waals surface area contributed by atoms with Crippen molar-refractivity contribution in [3.05, 3.63) is 250 Å². The van der Waals surface area contributed by atoms with Crippen LogP contribution in [0.2, 0.25) is 0 Å². The lowest BCUT2D eigenvalue weighted by Gasteiger charge is -2.32. The van der Waals surface area contributed by atoms with E-state index in [9.17, 15) is 0 Å². The summed E-state index contributed by atoms with van der Waals surface area (Å²) in [6.45, 7) is 25.5. The van der Waals surface area contributed by atoms with Crippen LogP contribution in [0.4, 0.5) is 28.4 Å². The van der Waals surface area contributed by atoms with Crippen LogP contribution >= 0.6 is 0 Å². The molecule has 0 unspecified atom stereocenters. The van der Waals surface area contributed by atoms with Crippen LogP contribution in [-0.2, 0) is 21.7 Å². The first-order chi connectivity index (χ1) is 33.1. The molecule has 12 rings (SSSR count). The van der Waals surface area contributed by atoms with Crippen LogP contribution in [0, 0.1) is 6.92 Å². The molecule has 0 bridgehead atoms. The lowest BCUT2D eigenvalue weighted by atomic mass is 9.82. The van der Waals surface area contributed by atoms with E-state index < -0.39 is 0 Å². The van der Waals surface area contributed by atoms with Crippen LogP contribution in [0.25, 0.3) is 39.0 Å². The van der Waals surface area contributed by atoms with Crippen LogP contribution in [-0.4, -0.2) is 0 Å². The predicted molar refractivity (Wildman–Crippen MR) is 293 cm³/mol. The molecular weight excluding hydrogens is 833 g/mol. The molecule has 0 amide bonds. The minimum Gasteiger partial charge on any atom is -0.317 e.